The van der Waals surface area contributed by atoms with Crippen LogP contribution >= 0.6 is 0 Å². The highest BCUT2D eigenvalue weighted by molar-refractivity contribution is 5.96. The minimum absolute atomic E-state index is 0.176. The quantitative estimate of drug-likeness (QED) is 0.513. The Kier molecular flexibility index (Phi) is 7.37. The smallest absolute Gasteiger partial charge is 0.269 e. The molecule has 0 unspecified atom stereocenters. The fourth-order valence-electron chi connectivity index (χ4n) is 2.33. The number of nitrogens with one attached hydrogen (secondary N) is 3. The van der Waals surface area contributed by atoms with Crippen molar-refractivity contribution in [3.63, 3.8) is 0 Å². The van der Waals surface area contributed by atoms with Gasteiger partial charge in [0, 0.05) is 43.9 Å². The monoisotopic (exact) mass is 368 g/mol. The summed E-state index contributed by atoms with van der Waals surface area (Å²) in [5, 5.41) is 2.75. The highest BCUT2D eigenvalue weighted by Gasteiger charge is 2.09. The molecule has 142 valence electrons. The number of benzene rings is 2. The van der Waals surface area contributed by atoms with Gasteiger partial charge in [0.25, 0.3) is 11.8 Å². The molecule has 0 radical (unpaired) electrons. The first kappa shape index (κ1) is 20.0. The van der Waals surface area contributed by atoms with Gasteiger partial charge in [-0.2, -0.15) is 0 Å². The zero-order valence-electron chi connectivity index (χ0n) is 15.5. The van der Waals surface area contributed by atoms with Gasteiger partial charge in [0.15, 0.2) is 0 Å². The summed E-state index contributed by atoms with van der Waals surface area (Å²) in [7, 11) is 3.77. The lowest BCUT2D eigenvalue weighted by Gasteiger charge is -2.13. The summed E-state index contributed by atoms with van der Waals surface area (Å²) in [6.07, 6.45) is 0.656. The molecule has 0 saturated carbocycles. The second-order valence-electron chi connectivity index (χ2n) is 6.17. The number of carbonyl (C=O) groups is 3. The van der Waals surface area contributed by atoms with E-state index in [0.717, 1.165) is 5.69 Å². The molecule has 0 atom stereocenters. The topological polar surface area (TPSA) is 90.5 Å². The Morgan fingerprint density at radius 1 is 0.852 bits per heavy atom. The molecule has 0 aliphatic carbocycles. The second-order valence-corrected chi connectivity index (χ2v) is 6.17. The van der Waals surface area contributed by atoms with Crippen LogP contribution in [0.4, 0.5) is 5.69 Å². The number of carbonyl (C=O) groups excluding carboxylic acids is 3. The molecule has 0 bridgehead atoms. The van der Waals surface area contributed by atoms with Crippen molar-refractivity contribution in [2.75, 3.05) is 25.5 Å². The third kappa shape index (κ3) is 6.47. The van der Waals surface area contributed by atoms with E-state index in [0.29, 0.717) is 24.1 Å². The van der Waals surface area contributed by atoms with Crippen LogP contribution < -0.4 is 21.1 Å². The van der Waals surface area contributed by atoms with E-state index in [-0.39, 0.29) is 24.1 Å². The van der Waals surface area contributed by atoms with E-state index in [1.54, 1.807) is 42.5 Å². The summed E-state index contributed by atoms with van der Waals surface area (Å²) in [5.74, 6) is -0.879. The van der Waals surface area contributed by atoms with Crippen LogP contribution in [0.25, 0.3) is 0 Å². The number of amides is 3. The van der Waals surface area contributed by atoms with Gasteiger partial charge < -0.3 is 10.2 Å². The summed E-state index contributed by atoms with van der Waals surface area (Å²) in [5.41, 5.74) is 6.71. The van der Waals surface area contributed by atoms with Gasteiger partial charge >= 0.3 is 0 Å². The zero-order chi connectivity index (χ0) is 19.6. The number of hydrogen-bond donors (Lipinski definition) is 3. The van der Waals surface area contributed by atoms with Crippen LogP contribution in [0.2, 0.25) is 0 Å². The standard InChI is InChI=1S/C20H24N4O3/c1-24(2)17-11-6-10-16(14-17)20(27)23-22-18(25)12-7-13-21-19(26)15-8-4-3-5-9-15/h3-6,8-11,14H,7,12-13H2,1-2H3,(H,21,26)(H,22,25)(H,23,27). The number of hydrogen-bond acceptors (Lipinski definition) is 4. The van der Waals surface area contributed by atoms with Gasteiger partial charge in [0.2, 0.25) is 5.91 Å². The average molecular weight is 368 g/mol. The molecule has 7 nitrogen and oxygen atoms in total. The molecule has 3 N–H and O–H groups in total. The molecule has 0 saturated heterocycles. The maximum absolute atomic E-state index is 12.1. The van der Waals surface area contributed by atoms with Gasteiger partial charge in [0.1, 0.15) is 0 Å². The maximum atomic E-state index is 12.1. The highest BCUT2D eigenvalue weighted by Crippen LogP contribution is 2.12. The minimum atomic E-state index is -0.385. The van der Waals surface area contributed by atoms with Crippen molar-refractivity contribution in [2.24, 2.45) is 0 Å². The molecule has 3 amide bonds. The van der Waals surface area contributed by atoms with Crippen LogP contribution in [0.15, 0.2) is 54.6 Å². The average Bonchev–Trinajstić information content (AvgIpc) is 2.70. The molecule has 0 fully saturated rings. The minimum Gasteiger partial charge on any atom is -0.378 e. The summed E-state index contributed by atoms with van der Waals surface area (Å²) < 4.78 is 0. The van der Waals surface area contributed by atoms with Crippen LogP contribution in [-0.4, -0.2) is 38.4 Å². The summed E-state index contributed by atoms with van der Waals surface area (Å²) in [4.78, 5) is 37.7. The molecule has 2 aromatic carbocycles. The normalized spacial score (nSPS) is 10.0. The van der Waals surface area contributed by atoms with Gasteiger partial charge in [0.05, 0.1) is 0 Å². The van der Waals surface area contributed by atoms with Gasteiger partial charge in [-0.15, -0.1) is 0 Å². The van der Waals surface area contributed by atoms with E-state index in [1.165, 1.54) is 0 Å². The summed E-state index contributed by atoms with van der Waals surface area (Å²) >= 11 is 0. The number of hydrazine groups is 1. The van der Waals surface area contributed by atoms with Crippen molar-refractivity contribution < 1.29 is 14.4 Å². The van der Waals surface area contributed by atoms with Crippen LogP contribution in [0.3, 0.4) is 0 Å². The Labute approximate surface area is 158 Å². The molecule has 0 aliphatic rings. The van der Waals surface area contributed by atoms with Gasteiger partial charge in [-0.1, -0.05) is 24.3 Å². The number of rotatable bonds is 7. The Bertz CT molecular complexity index is 791. The van der Waals surface area contributed by atoms with Crippen LogP contribution in [0, 0.1) is 0 Å². The highest BCUT2D eigenvalue weighted by atomic mass is 16.2. The van der Waals surface area contributed by atoms with Crippen LogP contribution in [0.5, 0.6) is 0 Å². The molecule has 2 aromatic rings. The van der Waals surface area contributed by atoms with Crippen molar-refractivity contribution in [3.05, 3.63) is 65.7 Å². The van der Waals surface area contributed by atoms with Crippen molar-refractivity contribution in [3.8, 4) is 0 Å². The van der Waals surface area contributed by atoms with E-state index in [9.17, 15) is 14.4 Å². The van der Waals surface area contributed by atoms with Gasteiger partial charge in [-0.3, -0.25) is 25.2 Å². The number of nitrogens with zero attached hydrogens (tertiary/aromatic N) is 1. The fourth-order valence-corrected chi connectivity index (χ4v) is 2.33. The van der Waals surface area contributed by atoms with E-state index in [2.05, 4.69) is 16.2 Å². The van der Waals surface area contributed by atoms with Crippen LogP contribution in [-0.2, 0) is 4.79 Å². The molecule has 0 heterocycles. The Balaban J connectivity index is 1.68. The Morgan fingerprint density at radius 2 is 1.56 bits per heavy atom. The fraction of sp³-hybridized carbons (Fsp3) is 0.250. The predicted molar refractivity (Wildman–Crippen MR) is 104 cm³/mol. The number of anilines is 1. The molecule has 7 heteroatoms. The molecule has 0 spiro atoms. The van der Waals surface area contributed by atoms with Crippen molar-refractivity contribution >= 4 is 23.4 Å². The lowest BCUT2D eigenvalue weighted by Crippen LogP contribution is -2.41. The van der Waals surface area contributed by atoms with Crippen LogP contribution in [0.1, 0.15) is 33.6 Å². The Morgan fingerprint density at radius 3 is 2.26 bits per heavy atom. The first-order valence-corrected chi connectivity index (χ1v) is 8.67. The molecule has 27 heavy (non-hydrogen) atoms. The molecule has 0 aromatic heterocycles. The second kappa shape index (κ2) is 9.96. The van der Waals surface area contributed by atoms with E-state index in [4.69, 9.17) is 0 Å². The SMILES string of the molecule is CN(C)c1cccc(C(=O)NNC(=O)CCCNC(=O)c2ccccc2)c1. The van der Waals surface area contributed by atoms with Crippen molar-refractivity contribution in [1.82, 2.24) is 16.2 Å². The predicted octanol–water partition coefficient (Wildman–Crippen LogP) is 1.72. The first-order chi connectivity index (χ1) is 13.0. The molecular weight excluding hydrogens is 344 g/mol. The molecule has 2 rings (SSSR count). The van der Waals surface area contributed by atoms with Crippen molar-refractivity contribution in [2.45, 2.75) is 12.8 Å². The van der Waals surface area contributed by atoms with Gasteiger partial charge in [-0.25, -0.2) is 0 Å². The van der Waals surface area contributed by atoms with Gasteiger partial charge in [-0.05, 0) is 36.8 Å². The third-order valence-corrected chi connectivity index (χ3v) is 3.84. The zero-order valence-corrected chi connectivity index (χ0v) is 15.5. The molecular formula is C20H24N4O3. The third-order valence-electron chi connectivity index (χ3n) is 3.84. The largest absolute Gasteiger partial charge is 0.378 e. The van der Waals surface area contributed by atoms with Crippen molar-refractivity contribution in [1.29, 1.82) is 0 Å². The van der Waals surface area contributed by atoms with E-state index < -0.39 is 0 Å². The Hall–Kier alpha value is -3.35. The summed E-state index contributed by atoms with van der Waals surface area (Å²) in [6, 6.07) is 15.9. The maximum Gasteiger partial charge on any atom is 0.269 e. The van der Waals surface area contributed by atoms with E-state index in [1.807, 2.05) is 31.1 Å². The lowest BCUT2D eigenvalue weighted by molar-refractivity contribution is -0.121. The first-order valence-electron chi connectivity index (χ1n) is 8.67. The van der Waals surface area contributed by atoms with E-state index >= 15 is 0 Å². The lowest BCUT2D eigenvalue weighted by atomic mass is 10.2. The summed E-state index contributed by atoms with van der Waals surface area (Å²) in [6.45, 7) is 0.375. The molecule has 0 aliphatic heterocycles.